The van der Waals surface area contributed by atoms with Crippen LogP contribution in [-0.4, -0.2) is 36.3 Å². The summed E-state index contributed by atoms with van der Waals surface area (Å²) in [6.45, 7) is 4.77. The normalized spacial score (nSPS) is 14.4. The van der Waals surface area contributed by atoms with Crippen LogP contribution in [0.2, 0.25) is 10.0 Å². The molecule has 1 N–H and O–H groups in total. The predicted octanol–water partition coefficient (Wildman–Crippen LogP) is 5.13. The Balaban J connectivity index is 1.98. The first-order chi connectivity index (χ1) is 13.1. The summed E-state index contributed by atoms with van der Waals surface area (Å²) in [5.41, 5.74) is 3.98. The third-order valence-corrected chi connectivity index (χ3v) is 6.35. The number of nitrogens with one attached hydrogen (secondary N) is 1. The van der Waals surface area contributed by atoms with Gasteiger partial charge in [-0.25, -0.2) is 4.98 Å². The number of hydrogen-bond acceptors (Lipinski definition) is 5. The molecule has 1 fully saturated rings. The molecule has 4 rings (SSSR count). The van der Waals surface area contributed by atoms with Crippen LogP contribution in [0.25, 0.3) is 21.7 Å². The van der Waals surface area contributed by atoms with Crippen LogP contribution in [0.15, 0.2) is 24.5 Å². The number of hydrogen-bond donors (Lipinski definition) is 1. The van der Waals surface area contributed by atoms with Gasteiger partial charge in [0, 0.05) is 40.0 Å². The highest BCUT2D eigenvalue weighted by Gasteiger charge is 2.28. The van der Waals surface area contributed by atoms with Crippen LogP contribution >= 0.6 is 34.5 Å². The largest absolute Gasteiger partial charge is 0.378 e. The van der Waals surface area contributed by atoms with Gasteiger partial charge in [-0.1, -0.05) is 29.3 Å². The second kappa shape index (κ2) is 7.53. The van der Waals surface area contributed by atoms with E-state index in [1.54, 1.807) is 29.8 Å². The van der Waals surface area contributed by atoms with E-state index < -0.39 is 0 Å². The Kier molecular flexibility index (Phi) is 5.11. The van der Waals surface area contributed by atoms with E-state index in [0.717, 1.165) is 45.5 Å². The lowest BCUT2D eigenvalue weighted by Gasteiger charge is -2.27. The van der Waals surface area contributed by atoms with Gasteiger partial charge in [0.25, 0.3) is 0 Å². The fraction of sp³-hybridized carbons (Fsp3) is 0.263. The van der Waals surface area contributed by atoms with Crippen molar-refractivity contribution in [3.63, 3.8) is 0 Å². The lowest BCUT2D eigenvalue weighted by atomic mass is 9.99. The van der Waals surface area contributed by atoms with Crippen LogP contribution in [0.3, 0.4) is 0 Å². The molecule has 1 aromatic carbocycles. The zero-order chi connectivity index (χ0) is 19.0. The number of morpholine rings is 1. The Bertz CT molecular complexity index is 1030. The molecule has 0 amide bonds. The maximum Gasteiger partial charge on any atom is 0.110 e. The molecule has 3 aromatic rings. The fourth-order valence-corrected chi connectivity index (χ4v) is 5.09. The van der Waals surface area contributed by atoms with Crippen molar-refractivity contribution >= 4 is 39.5 Å². The van der Waals surface area contributed by atoms with E-state index in [1.165, 1.54) is 0 Å². The first-order valence-corrected chi connectivity index (χ1v) is 10.0. The molecule has 0 radical (unpaired) electrons. The molecular formula is C19H16Cl2N4OS. The quantitative estimate of drug-likeness (QED) is 0.639. The molecular weight excluding hydrogens is 403 g/mol. The van der Waals surface area contributed by atoms with Gasteiger partial charge in [0.05, 0.1) is 30.0 Å². The van der Waals surface area contributed by atoms with Crippen LogP contribution in [0.5, 0.6) is 0 Å². The van der Waals surface area contributed by atoms with Gasteiger partial charge in [-0.15, -0.1) is 11.3 Å². The Morgan fingerprint density at radius 2 is 2.07 bits per heavy atom. The lowest BCUT2D eigenvalue weighted by Crippen LogP contribution is -2.36. The maximum absolute atomic E-state index is 10.0. The Morgan fingerprint density at radius 3 is 2.70 bits per heavy atom. The van der Waals surface area contributed by atoms with E-state index in [4.69, 9.17) is 27.9 Å². The van der Waals surface area contributed by atoms with Crippen LogP contribution in [0.1, 0.15) is 11.3 Å². The minimum atomic E-state index is 0.514. The number of nitrogens with zero attached hydrogens (tertiary/aromatic N) is 3. The summed E-state index contributed by atoms with van der Waals surface area (Å²) < 4.78 is 5.47. The number of H-pyrrole nitrogens is 1. The first kappa shape index (κ1) is 18.3. The average Bonchev–Trinajstić information content (AvgIpc) is 3.25. The molecule has 1 saturated heterocycles. The monoisotopic (exact) mass is 418 g/mol. The summed E-state index contributed by atoms with van der Waals surface area (Å²) in [5.74, 6) is 0. The zero-order valence-electron chi connectivity index (χ0n) is 14.6. The van der Waals surface area contributed by atoms with E-state index in [1.807, 2.05) is 13.0 Å². The van der Waals surface area contributed by atoms with Crippen molar-refractivity contribution in [1.82, 2.24) is 9.97 Å². The molecule has 1 aliphatic heterocycles. The highest BCUT2D eigenvalue weighted by molar-refractivity contribution is 7.20. The molecule has 1 aliphatic rings. The third kappa shape index (κ3) is 3.32. The Morgan fingerprint density at radius 1 is 1.30 bits per heavy atom. The predicted molar refractivity (Wildman–Crippen MR) is 110 cm³/mol. The molecule has 8 heteroatoms. The van der Waals surface area contributed by atoms with Gasteiger partial charge in [-0.05, 0) is 19.1 Å². The number of rotatable bonds is 3. The number of anilines is 1. The van der Waals surface area contributed by atoms with Crippen molar-refractivity contribution in [1.29, 1.82) is 5.26 Å². The molecule has 138 valence electrons. The second-order valence-electron chi connectivity index (χ2n) is 6.20. The van der Waals surface area contributed by atoms with Gasteiger partial charge >= 0.3 is 0 Å². The molecule has 0 saturated carbocycles. The third-order valence-electron chi connectivity index (χ3n) is 4.55. The maximum atomic E-state index is 10.0. The summed E-state index contributed by atoms with van der Waals surface area (Å²) in [6.07, 6.45) is 1.66. The van der Waals surface area contributed by atoms with Gasteiger partial charge in [0.1, 0.15) is 16.8 Å². The van der Waals surface area contributed by atoms with Gasteiger partial charge in [0.15, 0.2) is 0 Å². The van der Waals surface area contributed by atoms with Gasteiger partial charge < -0.3 is 14.6 Å². The SMILES string of the molecule is Cc1[nH]cnc1-c1sc(N2CCOCC2)c(C#N)c1-c1ccc(Cl)cc1Cl. The number of nitriles is 1. The molecule has 2 aromatic heterocycles. The smallest absolute Gasteiger partial charge is 0.110 e. The number of aromatic amines is 1. The zero-order valence-corrected chi connectivity index (χ0v) is 16.9. The number of halogens is 2. The number of benzene rings is 1. The summed E-state index contributed by atoms with van der Waals surface area (Å²) in [6, 6.07) is 7.76. The van der Waals surface area contributed by atoms with E-state index in [0.29, 0.717) is 28.8 Å². The van der Waals surface area contributed by atoms with E-state index in [2.05, 4.69) is 20.9 Å². The van der Waals surface area contributed by atoms with Crippen LogP contribution in [0.4, 0.5) is 5.00 Å². The molecule has 0 spiro atoms. The number of aromatic nitrogens is 2. The second-order valence-corrected chi connectivity index (χ2v) is 8.04. The number of ether oxygens (including phenoxy) is 1. The van der Waals surface area contributed by atoms with Gasteiger partial charge in [-0.2, -0.15) is 5.26 Å². The molecule has 27 heavy (non-hydrogen) atoms. The van der Waals surface area contributed by atoms with Crippen LogP contribution < -0.4 is 4.90 Å². The molecule has 0 bridgehead atoms. The van der Waals surface area contributed by atoms with Crippen molar-refractivity contribution in [3.8, 4) is 27.8 Å². The highest BCUT2D eigenvalue weighted by Crippen LogP contribution is 2.49. The van der Waals surface area contributed by atoms with Gasteiger partial charge in [0.2, 0.25) is 0 Å². The molecule has 0 atom stereocenters. The molecule has 5 nitrogen and oxygen atoms in total. The van der Waals surface area contributed by atoms with Crippen LogP contribution in [-0.2, 0) is 4.74 Å². The minimum absolute atomic E-state index is 0.514. The van der Waals surface area contributed by atoms with Crippen LogP contribution in [0, 0.1) is 18.3 Å². The van der Waals surface area contributed by atoms with Crippen molar-refractivity contribution in [3.05, 3.63) is 45.8 Å². The number of aryl methyl sites for hydroxylation is 1. The first-order valence-electron chi connectivity index (χ1n) is 8.45. The van der Waals surface area contributed by atoms with E-state index in [9.17, 15) is 5.26 Å². The number of thiophene rings is 1. The average molecular weight is 419 g/mol. The topological polar surface area (TPSA) is 64.9 Å². The summed E-state index contributed by atoms with van der Waals surface area (Å²) in [5, 5.41) is 12.0. The standard InChI is InChI=1S/C19H16Cl2N4OS/c1-11-17(24-10-23-11)18-16(13-3-2-12(20)8-15(13)21)14(9-22)19(27-18)25-4-6-26-7-5-25/h2-3,8,10H,4-7H2,1H3,(H,23,24). The highest BCUT2D eigenvalue weighted by atomic mass is 35.5. The van der Waals surface area contributed by atoms with Crippen molar-refractivity contribution in [2.75, 3.05) is 31.2 Å². The number of imidazole rings is 1. The lowest BCUT2D eigenvalue weighted by molar-refractivity contribution is 0.123. The van der Waals surface area contributed by atoms with E-state index in [-0.39, 0.29) is 0 Å². The van der Waals surface area contributed by atoms with Gasteiger partial charge in [-0.3, -0.25) is 0 Å². The fourth-order valence-electron chi connectivity index (χ4n) is 3.22. The minimum Gasteiger partial charge on any atom is -0.378 e. The van der Waals surface area contributed by atoms with E-state index >= 15 is 0 Å². The van der Waals surface area contributed by atoms with Crippen molar-refractivity contribution in [2.45, 2.75) is 6.92 Å². The van der Waals surface area contributed by atoms with Crippen molar-refractivity contribution < 1.29 is 4.74 Å². The molecule has 0 aliphatic carbocycles. The molecule has 3 heterocycles. The summed E-state index contributed by atoms with van der Waals surface area (Å²) in [4.78, 5) is 10.7. The Hall–Kier alpha value is -2.04. The summed E-state index contributed by atoms with van der Waals surface area (Å²) >= 11 is 14.2. The summed E-state index contributed by atoms with van der Waals surface area (Å²) in [7, 11) is 0. The Labute approximate surface area is 171 Å². The molecule has 0 unspecified atom stereocenters. The van der Waals surface area contributed by atoms with Crippen molar-refractivity contribution in [2.24, 2.45) is 0 Å².